The van der Waals surface area contributed by atoms with Gasteiger partial charge in [-0.2, -0.15) is 0 Å². The SMILES string of the molecule is CCNCc1cn(CC(C)C)nn1. The molecule has 0 aliphatic heterocycles. The minimum absolute atomic E-state index is 0.619. The first-order valence-corrected chi connectivity index (χ1v) is 4.82. The van der Waals surface area contributed by atoms with Crippen LogP contribution in [0.4, 0.5) is 0 Å². The molecule has 0 amide bonds. The molecular weight excluding hydrogens is 164 g/mol. The maximum absolute atomic E-state index is 4.06. The molecular formula is C9H18N4. The molecule has 13 heavy (non-hydrogen) atoms. The summed E-state index contributed by atoms with van der Waals surface area (Å²) in [5, 5.41) is 11.3. The van der Waals surface area contributed by atoms with Crippen molar-refractivity contribution < 1.29 is 0 Å². The van der Waals surface area contributed by atoms with Gasteiger partial charge in [0.25, 0.3) is 0 Å². The highest BCUT2D eigenvalue weighted by Gasteiger charge is 2.01. The Morgan fingerprint density at radius 3 is 2.92 bits per heavy atom. The van der Waals surface area contributed by atoms with Crippen molar-refractivity contribution in [3.05, 3.63) is 11.9 Å². The lowest BCUT2D eigenvalue weighted by atomic mass is 10.2. The first kappa shape index (κ1) is 10.2. The number of hydrogen-bond donors (Lipinski definition) is 1. The third kappa shape index (κ3) is 3.55. The second-order valence-corrected chi connectivity index (χ2v) is 3.61. The zero-order chi connectivity index (χ0) is 9.68. The number of hydrogen-bond acceptors (Lipinski definition) is 3. The van der Waals surface area contributed by atoms with Crippen LogP contribution in [0, 0.1) is 5.92 Å². The lowest BCUT2D eigenvalue weighted by Crippen LogP contribution is -2.11. The van der Waals surface area contributed by atoms with E-state index in [-0.39, 0.29) is 0 Å². The Bertz CT molecular complexity index is 242. The summed E-state index contributed by atoms with van der Waals surface area (Å²) in [7, 11) is 0. The number of aromatic nitrogens is 3. The third-order valence-corrected chi connectivity index (χ3v) is 1.69. The molecule has 0 unspecified atom stereocenters. The highest BCUT2D eigenvalue weighted by Crippen LogP contribution is 1.98. The van der Waals surface area contributed by atoms with Gasteiger partial charge in [0.2, 0.25) is 0 Å². The first-order valence-electron chi connectivity index (χ1n) is 4.82. The fourth-order valence-corrected chi connectivity index (χ4v) is 1.14. The first-order chi connectivity index (χ1) is 6.22. The van der Waals surface area contributed by atoms with Gasteiger partial charge in [0.05, 0.1) is 5.69 Å². The molecule has 1 heterocycles. The Morgan fingerprint density at radius 1 is 1.54 bits per heavy atom. The van der Waals surface area contributed by atoms with Crippen LogP contribution in [0.1, 0.15) is 26.5 Å². The quantitative estimate of drug-likeness (QED) is 0.740. The minimum atomic E-state index is 0.619. The van der Waals surface area contributed by atoms with Gasteiger partial charge in [0.1, 0.15) is 0 Å². The number of nitrogens with zero attached hydrogens (tertiary/aromatic N) is 3. The van der Waals surface area contributed by atoms with Gasteiger partial charge < -0.3 is 5.32 Å². The van der Waals surface area contributed by atoms with Crippen LogP contribution in [0.2, 0.25) is 0 Å². The van der Waals surface area contributed by atoms with E-state index in [2.05, 4.69) is 36.4 Å². The predicted octanol–water partition coefficient (Wildman–Crippen LogP) is 1.04. The van der Waals surface area contributed by atoms with E-state index >= 15 is 0 Å². The summed E-state index contributed by atoms with van der Waals surface area (Å²) in [6.07, 6.45) is 2.00. The highest BCUT2D eigenvalue weighted by atomic mass is 15.4. The van der Waals surface area contributed by atoms with E-state index in [9.17, 15) is 0 Å². The fourth-order valence-electron chi connectivity index (χ4n) is 1.14. The molecule has 1 aromatic heterocycles. The molecule has 1 rings (SSSR count). The van der Waals surface area contributed by atoms with Crippen molar-refractivity contribution in [2.45, 2.75) is 33.9 Å². The van der Waals surface area contributed by atoms with Crippen molar-refractivity contribution in [3.63, 3.8) is 0 Å². The van der Waals surface area contributed by atoms with Crippen molar-refractivity contribution >= 4 is 0 Å². The maximum atomic E-state index is 4.06. The average Bonchev–Trinajstić information content (AvgIpc) is 2.48. The molecule has 0 aromatic carbocycles. The summed E-state index contributed by atoms with van der Waals surface area (Å²) in [6.45, 7) is 9.15. The second-order valence-electron chi connectivity index (χ2n) is 3.61. The van der Waals surface area contributed by atoms with Crippen molar-refractivity contribution in [2.24, 2.45) is 5.92 Å². The summed E-state index contributed by atoms with van der Waals surface area (Å²) >= 11 is 0. The van der Waals surface area contributed by atoms with Crippen LogP contribution in [-0.4, -0.2) is 21.5 Å². The van der Waals surface area contributed by atoms with Crippen LogP contribution >= 0.6 is 0 Å². The van der Waals surface area contributed by atoms with Gasteiger partial charge in [0, 0.05) is 19.3 Å². The van der Waals surface area contributed by atoms with E-state index in [4.69, 9.17) is 0 Å². The number of nitrogens with one attached hydrogen (secondary N) is 1. The average molecular weight is 182 g/mol. The molecule has 1 aromatic rings. The molecule has 4 heteroatoms. The normalized spacial score (nSPS) is 11.1. The van der Waals surface area contributed by atoms with Crippen molar-refractivity contribution in [1.29, 1.82) is 0 Å². The lowest BCUT2D eigenvalue weighted by molar-refractivity contribution is 0.472. The molecule has 0 spiro atoms. The number of rotatable bonds is 5. The summed E-state index contributed by atoms with van der Waals surface area (Å²) < 4.78 is 1.90. The molecule has 74 valence electrons. The van der Waals surface area contributed by atoms with E-state index in [0.29, 0.717) is 5.92 Å². The second kappa shape index (κ2) is 4.97. The van der Waals surface area contributed by atoms with E-state index < -0.39 is 0 Å². The van der Waals surface area contributed by atoms with Crippen molar-refractivity contribution in [3.8, 4) is 0 Å². The van der Waals surface area contributed by atoms with E-state index in [0.717, 1.165) is 25.3 Å². The minimum Gasteiger partial charge on any atom is -0.311 e. The van der Waals surface area contributed by atoms with E-state index in [1.54, 1.807) is 0 Å². The van der Waals surface area contributed by atoms with Crippen LogP contribution in [-0.2, 0) is 13.1 Å². The lowest BCUT2D eigenvalue weighted by Gasteiger charge is -2.01. The van der Waals surface area contributed by atoms with Crippen molar-refractivity contribution in [2.75, 3.05) is 6.54 Å². The molecule has 0 saturated heterocycles. The Labute approximate surface area is 79.3 Å². The predicted molar refractivity (Wildman–Crippen MR) is 52.2 cm³/mol. The molecule has 0 atom stereocenters. The molecule has 0 aliphatic carbocycles. The topological polar surface area (TPSA) is 42.7 Å². The zero-order valence-corrected chi connectivity index (χ0v) is 8.62. The van der Waals surface area contributed by atoms with E-state index in [1.165, 1.54) is 0 Å². The van der Waals surface area contributed by atoms with Gasteiger partial charge in [-0.3, -0.25) is 4.68 Å². The Hall–Kier alpha value is -0.900. The van der Waals surface area contributed by atoms with E-state index in [1.807, 2.05) is 10.9 Å². The van der Waals surface area contributed by atoms with Crippen LogP contribution in [0.5, 0.6) is 0 Å². The molecule has 4 nitrogen and oxygen atoms in total. The third-order valence-electron chi connectivity index (χ3n) is 1.69. The summed E-state index contributed by atoms with van der Waals surface area (Å²) in [5.41, 5.74) is 1.02. The molecule has 0 aliphatic rings. The molecule has 0 fully saturated rings. The standard InChI is InChI=1S/C9H18N4/c1-4-10-5-9-7-13(12-11-9)6-8(2)3/h7-8,10H,4-6H2,1-3H3. The Morgan fingerprint density at radius 2 is 2.31 bits per heavy atom. The summed E-state index contributed by atoms with van der Waals surface area (Å²) in [5.74, 6) is 0.619. The molecule has 1 N–H and O–H groups in total. The molecule has 0 bridgehead atoms. The smallest absolute Gasteiger partial charge is 0.0964 e. The van der Waals surface area contributed by atoms with Crippen LogP contribution in [0.3, 0.4) is 0 Å². The van der Waals surface area contributed by atoms with Gasteiger partial charge in [-0.15, -0.1) is 5.10 Å². The fraction of sp³-hybridized carbons (Fsp3) is 0.778. The van der Waals surface area contributed by atoms with Gasteiger partial charge in [-0.1, -0.05) is 26.0 Å². The van der Waals surface area contributed by atoms with Crippen LogP contribution in [0.15, 0.2) is 6.20 Å². The van der Waals surface area contributed by atoms with Crippen LogP contribution in [0.25, 0.3) is 0 Å². The van der Waals surface area contributed by atoms with Gasteiger partial charge in [-0.25, -0.2) is 0 Å². The van der Waals surface area contributed by atoms with Gasteiger partial charge >= 0.3 is 0 Å². The Balaban J connectivity index is 2.44. The largest absolute Gasteiger partial charge is 0.311 e. The molecule has 0 saturated carbocycles. The summed E-state index contributed by atoms with van der Waals surface area (Å²) in [6, 6.07) is 0. The monoisotopic (exact) mass is 182 g/mol. The van der Waals surface area contributed by atoms with Gasteiger partial charge in [0.15, 0.2) is 0 Å². The van der Waals surface area contributed by atoms with Gasteiger partial charge in [-0.05, 0) is 12.5 Å². The molecule has 0 radical (unpaired) electrons. The zero-order valence-electron chi connectivity index (χ0n) is 8.62. The maximum Gasteiger partial charge on any atom is 0.0964 e. The van der Waals surface area contributed by atoms with Crippen molar-refractivity contribution in [1.82, 2.24) is 20.3 Å². The Kier molecular flexibility index (Phi) is 3.89. The summed E-state index contributed by atoms with van der Waals surface area (Å²) in [4.78, 5) is 0. The highest BCUT2D eigenvalue weighted by molar-refractivity contribution is 4.91. The van der Waals surface area contributed by atoms with Crippen LogP contribution < -0.4 is 5.32 Å².